The van der Waals surface area contributed by atoms with Gasteiger partial charge < -0.3 is 10.3 Å². The molecule has 0 aliphatic heterocycles. The number of nitrogens with zero attached hydrogens (tertiary/aromatic N) is 1. The van der Waals surface area contributed by atoms with Gasteiger partial charge in [-0.05, 0) is 30.7 Å². The molecule has 31 heavy (non-hydrogen) atoms. The number of carbonyl (C=O) groups is 1. The van der Waals surface area contributed by atoms with E-state index in [9.17, 15) is 4.79 Å². The molecule has 0 aliphatic rings. The van der Waals surface area contributed by atoms with Gasteiger partial charge in [-0.15, -0.1) is 0 Å². The molecule has 2 heterocycles. The van der Waals surface area contributed by atoms with Crippen molar-refractivity contribution in [2.45, 2.75) is 13.5 Å². The number of H-pyrrole nitrogens is 1. The Bertz CT molecular complexity index is 1420. The van der Waals surface area contributed by atoms with E-state index in [4.69, 9.17) is 16.6 Å². The SMILES string of the molecule is Cc1ccc(-c2nc(C(=O)NCc3ccccc3Cl)cc3c2[nH]c2ccccc23)cc1. The first-order valence-corrected chi connectivity index (χ1v) is 10.5. The fourth-order valence-electron chi connectivity index (χ4n) is 3.79. The number of aryl methyl sites for hydroxylation is 1. The van der Waals surface area contributed by atoms with Crippen LogP contribution in [0.3, 0.4) is 0 Å². The van der Waals surface area contributed by atoms with E-state index in [0.717, 1.165) is 38.6 Å². The molecule has 2 aromatic heterocycles. The third-order valence-electron chi connectivity index (χ3n) is 5.45. The quantitative estimate of drug-likeness (QED) is 0.356. The molecule has 0 unspecified atom stereocenters. The van der Waals surface area contributed by atoms with Crippen LogP contribution in [0.4, 0.5) is 0 Å². The standard InChI is InChI=1S/C26H20ClN3O/c1-16-10-12-17(13-11-16)24-25-20(19-7-3-5-9-22(19)29-25)14-23(30-24)26(31)28-15-18-6-2-4-8-21(18)27/h2-14,29H,15H2,1H3,(H,28,31). The second kappa shape index (κ2) is 7.89. The van der Waals surface area contributed by atoms with Gasteiger partial charge in [0.15, 0.2) is 0 Å². The van der Waals surface area contributed by atoms with Gasteiger partial charge in [0, 0.05) is 33.4 Å². The van der Waals surface area contributed by atoms with E-state index in [1.54, 1.807) is 0 Å². The minimum absolute atomic E-state index is 0.236. The normalized spacial score (nSPS) is 11.2. The van der Waals surface area contributed by atoms with E-state index < -0.39 is 0 Å². The van der Waals surface area contributed by atoms with Gasteiger partial charge in [0.1, 0.15) is 5.69 Å². The molecule has 152 valence electrons. The third kappa shape index (κ3) is 3.66. The van der Waals surface area contributed by atoms with Crippen molar-refractivity contribution in [3.05, 3.63) is 101 Å². The van der Waals surface area contributed by atoms with Crippen molar-refractivity contribution in [1.82, 2.24) is 15.3 Å². The van der Waals surface area contributed by atoms with E-state index in [2.05, 4.69) is 28.5 Å². The summed E-state index contributed by atoms with van der Waals surface area (Å²) in [6, 6.07) is 25.6. The average molecular weight is 426 g/mol. The monoisotopic (exact) mass is 425 g/mol. The summed E-state index contributed by atoms with van der Waals surface area (Å²) in [5.74, 6) is -0.236. The number of halogens is 1. The van der Waals surface area contributed by atoms with Crippen molar-refractivity contribution in [3.8, 4) is 11.3 Å². The molecule has 0 bridgehead atoms. The van der Waals surface area contributed by atoms with Gasteiger partial charge in [-0.3, -0.25) is 4.79 Å². The number of hydrogen-bond acceptors (Lipinski definition) is 2. The highest BCUT2D eigenvalue weighted by molar-refractivity contribution is 6.31. The predicted octanol–water partition coefficient (Wildman–Crippen LogP) is 6.27. The first-order valence-electron chi connectivity index (χ1n) is 10.1. The summed E-state index contributed by atoms with van der Waals surface area (Å²) >= 11 is 6.23. The molecule has 0 radical (unpaired) electrons. The lowest BCUT2D eigenvalue weighted by atomic mass is 10.0. The highest BCUT2D eigenvalue weighted by Gasteiger charge is 2.17. The van der Waals surface area contributed by atoms with E-state index in [0.29, 0.717) is 17.3 Å². The molecular weight excluding hydrogens is 406 g/mol. The molecule has 2 N–H and O–H groups in total. The van der Waals surface area contributed by atoms with Gasteiger partial charge in [0.05, 0.1) is 11.2 Å². The van der Waals surface area contributed by atoms with Crippen LogP contribution in [0.25, 0.3) is 33.1 Å². The largest absolute Gasteiger partial charge is 0.353 e. The lowest BCUT2D eigenvalue weighted by Crippen LogP contribution is -2.24. The zero-order valence-electron chi connectivity index (χ0n) is 16.9. The van der Waals surface area contributed by atoms with Crippen molar-refractivity contribution in [2.75, 3.05) is 0 Å². The van der Waals surface area contributed by atoms with E-state index in [-0.39, 0.29) is 5.91 Å². The van der Waals surface area contributed by atoms with Crippen LogP contribution in [-0.4, -0.2) is 15.9 Å². The zero-order chi connectivity index (χ0) is 21.4. The fraction of sp³-hybridized carbons (Fsp3) is 0.0769. The molecule has 0 spiro atoms. The Labute approximate surface area is 184 Å². The summed E-state index contributed by atoms with van der Waals surface area (Å²) in [6.07, 6.45) is 0. The van der Waals surface area contributed by atoms with Crippen LogP contribution in [0, 0.1) is 6.92 Å². The first-order chi connectivity index (χ1) is 15.1. The van der Waals surface area contributed by atoms with Crippen molar-refractivity contribution in [2.24, 2.45) is 0 Å². The summed E-state index contributed by atoms with van der Waals surface area (Å²) in [7, 11) is 0. The van der Waals surface area contributed by atoms with Crippen LogP contribution >= 0.6 is 11.6 Å². The first kappa shape index (κ1) is 19.3. The molecule has 0 aliphatic carbocycles. The van der Waals surface area contributed by atoms with Crippen LogP contribution in [0.15, 0.2) is 78.9 Å². The van der Waals surface area contributed by atoms with Crippen molar-refractivity contribution in [1.29, 1.82) is 0 Å². The molecule has 0 atom stereocenters. The maximum absolute atomic E-state index is 13.0. The smallest absolute Gasteiger partial charge is 0.270 e. The van der Waals surface area contributed by atoms with Crippen LogP contribution in [0.2, 0.25) is 5.02 Å². The minimum atomic E-state index is -0.236. The zero-order valence-corrected chi connectivity index (χ0v) is 17.7. The van der Waals surface area contributed by atoms with Gasteiger partial charge in [-0.1, -0.05) is 77.8 Å². The Morgan fingerprint density at radius 3 is 2.52 bits per heavy atom. The second-order valence-electron chi connectivity index (χ2n) is 7.59. The van der Waals surface area contributed by atoms with Gasteiger partial charge in [-0.2, -0.15) is 0 Å². The Kier molecular flexibility index (Phi) is 4.92. The number of rotatable bonds is 4. The molecular formula is C26H20ClN3O. The average Bonchev–Trinajstić information content (AvgIpc) is 3.17. The third-order valence-corrected chi connectivity index (χ3v) is 5.82. The molecule has 0 saturated heterocycles. The summed E-state index contributed by atoms with van der Waals surface area (Å²) in [5, 5.41) is 5.62. The molecule has 0 saturated carbocycles. The number of hydrogen-bond donors (Lipinski definition) is 2. The fourth-order valence-corrected chi connectivity index (χ4v) is 3.99. The number of fused-ring (bicyclic) bond motifs is 3. The molecule has 3 aromatic carbocycles. The van der Waals surface area contributed by atoms with E-state index >= 15 is 0 Å². The van der Waals surface area contributed by atoms with Crippen LogP contribution in [0.1, 0.15) is 21.6 Å². The lowest BCUT2D eigenvalue weighted by molar-refractivity contribution is 0.0946. The van der Waals surface area contributed by atoms with Crippen molar-refractivity contribution < 1.29 is 4.79 Å². The van der Waals surface area contributed by atoms with Gasteiger partial charge >= 0.3 is 0 Å². The number of aromatic nitrogens is 2. The molecule has 0 fully saturated rings. The summed E-state index contributed by atoms with van der Waals surface area (Å²) in [5.41, 5.74) is 6.07. The molecule has 1 amide bonds. The number of carbonyl (C=O) groups excluding carboxylic acids is 1. The number of amides is 1. The Morgan fingerprint density at radius 1 is 0.968 bits per heavy atom. The molecule has 5 rings (SSSR count). The number of para-hydroxylation sites is 1. The van der Waals surface area contributed by atoms with Gasteiger partial charge in [0.25, 0.3) is 5.91 Å². The van der Waals surface area contributed by atoms with Crippen molar-refractivity contribution in [3.63, 3.8) is 0 Å². The number of benzene rings is 3. The number of nitrogens with one attached hydrogen (secondary N) is 2. The second-order valence-corrected chi connectivity index (χ2v) is 8.00. The highest BCUT2D eigenvalue weighted by Crippen LogP contribution is 2.32. The van der Waals surface area contributed by atoms with Crippen molar-refractivity contribution >= 4 is 39.3 Å². The number of aromatic amines is 1. The topological polar surface area (TPSA) is 57.8 Å². The highest BCUT2D eigenvalue weighted by atomic mass is 35.5. The minimum Gasteiger partial charge on any atom is -0.353 e. The van der Waals surface area contributed by atoms with Gasteiger partial charge in [0.2, 0.25) is 0 Å². The Hall–Kier alpha value is -3.63. The van der Waals surface area contributed by atoms with E-state index in [1.165, 1.54) is 5.56 Å². The lowest BCUT2D eigenvalue weighted by Gasteiger charge is -2.10. The summed E-state index contributed by atoms with van der Waals surface area (Å²) in [4.78, 5) is 21.3. The molecule has 4 nitrogen and oxygen atoms in total. The van der Waals surface area contributed by atoms with Crippen LogP contribution < -0.4 is 5.32 Å². The Morgan fingerprint density at radius 2 is 1.71 bits per heavy atom. The summed E-state index contributed by atoms with van der Waals surface area (Å²) < 4.78 is 0. The van der Waals surface area contributed by atoms with E-state index in [1.807, 2.05) is 67.6 Å². The maximum atomic E-state index is 13.0. The number of pyridine rings is 1. The van der Waals surface area contributed by atoms with Crippen LogP contribution in [0.5, 0.6) is 0 Å². The molecule has 5 heteroatoms. The summed E-state index contributed by atoms with van der Waals surface area (Å²) in [6.45, 7) is 2.39. The van der Waals surface area contributed by atoms with Gasteiger partial charge in [-0.25, -0.2) is 4.98 Å². The molecule has 5 aromatic rings. The maximum Gasteiger partial charge on any atom is 0.270 e. The predicted molar refractivity (Wildman–Crippen MR) is 126 cm³/mol. The van der Waals surface area contributed by atoms with Crippen LogP contribution in [-0.2, 0) is 6.54 Å². The Balaban J connectivity index is 1.61.